The lowest BCUT2D eigenvalue weighted by atomic mass is 10.1. The van der Waals surface area contributed by atoms with E-state index in [0.717, 1.165) is 33.5 Å². The Morgan fingerprint density at radius 1 is 0.767 bits per heavy atom. The molecule has 10 nitrogen and oxygen atoms in total. The van der Waals surface area contributed by atoms with Gasteiger partial charge in [0.25, 0.3) is 5.91 Å². The zero-order valence-electron chi connectivity index (χ0n) is 21.7. The summed E-state index contributed by atoms with van der Waals surface area (Å²) in [7, 11) is 2.70. The number of alkyl halides is 6. The molecule has 0 aliphatic heterocycles. The molecule has 0 aliphatic carbocycles. The topological polar surface area (TPSA) is 122 Å². The second kappa shape index (κ2) is 12.4. The van der Waals surface area contributed by atoms with Crippen molar-refractivity contribution in [3.05, 3.63) is 70.5 Å². The van der Waals surface area contributed by atoms with Crippen LogP contribution in [0.3, 0.4) is 0 Å². The van der Waals surface area contributed by atoms with E-state index in [4.69, 9.17) is 4.74 Å². The Bertz CT molecular complexity index is 1540. The number of anilines is 1. The van der Waals surface area contributed by atoms with Crippen molar-refractivity contribution in [2.24, 2.45) is 0 Å². The monoisotopic (exact) mass is 624 g/mol. The van der Waals surface area contributed by atoms with Crippen molar-refractivity contribution in [2.45, 2.75) is 12.5 Å². The Kier molecular flexibility index (Phi) is 9.31. The van der Waals surface area contributed by atoms with Gasteiger partial charge in [-0.3, -0.25) is 4.79 Å². The summed E-state index contributed by atoms with van der Waals surface area (Å²) in [5.74, 6) is -12.0. The van der Waals surface area contributed by atoms with Crippen LogP contribution in [0.25, 0.3) is 0 Å². The van der Waals surface area contributed by atoms with E-state index in [1.54, 1.807) is 0 Å². The zero-order valence-corrected chi connectivity index (χ0v) is 21.7. The number of rotatable bonds is 8. The number of aromatic nitrogens is 1. The third-order valence-corrected chi connectivity index (χ3v) is 5.18. The number of methoxy groups -OCH3 is 3. The second-order valence-corrected chi connectivity index (χ2v) is 7.92. The van der Waals surface area contributed by atoms with Gasteiger partial charge in [-0.25, -0.2) is 19.0 Å². The fourth-order valence-electron chi connectivity index (χ4n) is 3.40. The van der Waals surface area contributed by atoms with Crippen molar-refractivity contribution in [3.63, 3.8) is 0 Å². The van der Waals surface area contributed by atoms with Gasteiger partial charge in [0.1, 0.15) is 11.3 Å². The lowest BCUT2D eigenvalue weighted by molar-refractivity contribution is -0.275. The average Bonchev–Trinajstić information content (AvgIpc) is 2.92. The summed E-state index contributed by atoms with van der Waals surface area (Å²) < 4.78 is 131. The van der Waals surface area contributed by atoms with E-state index in [2.05, 4.69) is 23.9 Å². The van der Waals surface area contributed by atoms with Crippen LogP contribution < -0.4 is 19.5 Å². The largest absolute Gasteiger partial charge is 0.573 e. The molecule has 0 unspecified atom stereocenters. The third-order valence-electron chi connectivity index (χ3n) is 5.18. The molecule has 0 saturated carbocycles. The summed E-state index contributed by atoms with van der Waals surface area (Å²) in [6.45, 7) is 0. The molecule has 1 aromatic heterocycles. The van der Waals surface area contributed by atoms with Crippen LogP contribution in [0, 0.1) is 11.6 Å². The number of nitrogens with one attached hydrogen (secondary N) is 1. The van der Waals surface area contributed by atoms with Crippen molar-refractivity contribution < 1.29 is 73.2 Å². The van der Waals surface area contributed by atoms with Gasteiger partial charge in [-0.2, -0.15) is 17.6 Å². The molecule has 0 fully saturated rings. The van der Waals surface area contributed by atoms with Gasteiger partial charge in [0, 0.05) is 5.69 Å². The summed E-state index contributed by atoms with van der Waals surface area (Å²) in [6, 6.07) is 3.40. The predicted octanol–water partition coefficient (Wildman–Crippen LogP) is 5.90. The number of esters is 2. The first kappa shape index (κ1) is 32.4. The molecule has 1 amide bonds. The van der Waals surface area contributed by atoms with E-state index in [0.29, 0.717) is 18.2 Å². The van der Waals surface area contributed by atoms with Gasteiger partial charge in [0.2, 0.25) is 11.6 Å². The van der Waals surface area contributed by atoms with Gasteiger partial charge in [0.15, 0.2) is 28.7 Å². The average molecular weight is 624 g/mol. The number of carbonyl (C=O) groups excluding carboxylic acids is 3. The van der Waals surface area contributed by atoms with Crippen molar-refractivity contribution >= 4 is 23.5 Å². The van der Waals surface area contributed by atoms with Crippen LogP contribution in [0.5, 0.6) is 23.0 Å². The zero-order chi connectivity index (χ0) is 32.3. The minimum Gasteiger partial charge on any atom is -0.490 e. The van der Waals surface area contributed by atoms with E-state index in [9.17, 15) is 45.1 Å². The van der Waals surface area contributed by atoms with Crippen LogP contribution in [0.4, 0.5) is 40.8 Å². The van der Waals surface area contributed by atoms with Crippen LogP contribution in [-0.4, -0.2) is 50.5 Å². The highest BCUT2D eigenvalue weighted by Crippen LogP contribution is 2.42. The molecule has 3 rings (SSSR count). The summed E-state index contributed by atoms with van der Waals surface area (Å²) in [5, 5.41) is 1.99. The number of hydrogen-bond donors (Lipinski definition) is 1. The molecular weight excluding hydrogens is 608 g/mol. The number of pyridine rings is 1. The normalized spacial score (nSPS) is 11.4. The van der Waals surface area contributed by atoms with Gasteiger partial charge in [-0.1, -0.05) is 0 Å². The molecule has 0 bridgehead atoms. The number of amides is 1. The number of hydrogen-bond acceptors (Lipinski definition) is 9. The highest BCUT2D eigenvalue weighted by Gasteiger charge is 2.38. The van der Waals surface area contributed by atoms with Crippen LogP contribution in [0.2, 0.25) is 0 Å². The lowest BCUT2D eigenvalue weighted by Crippen LogP contribution is -2.20. The fraction of sp³-hybridized carbons (Fsp3) is 0.200. The Balaban J connectivity index is 2.14. The summed E-state index contributed by atoms with van der Waals surface area (Å²) in [4.78, 5) is 40.8. The number of carbonyl (C=O) groups is 3. The SMILES string of the molecule is COC(=O)c1cc(NC(=O)c2c(Oc3ccc(OC(F)(F)F)c(F)c3OC)ccc(C(F)(F)F)c2F)cc(C(=O)OC)n1. The van der Waals surface area contributed by atoms with Gasteiger partial charge in [-0.05, 0) is 36.4 Å². The fourth-order valence-corrected chi connectivity index (χ4v) is 3.40. The summed E-state index contributed by atoms with van der Waals surface area (Å²) >= 11 is 0. The van der Waals surface area contributed by atoms with Crippen LogP contribution in [-0.2, 0) is 15.7 Å². The molecule has 0 radical (unpaired) electrons. The highest BCUT2D eigenvalue weighted by molar-refractivity contribution is 6.07. The third kappa shape index (κ3) is 7.38. The van der Waals surface area contributed by atoms with Gasteiger partial charge in [-0.15, -0.1) is 13.2 Å². The van der Waals surface area contributed by atoms with Crippen molar-refractivity contribution in [2.75, 3.05) is 26.6 Å². The molecule has 3 aromatic rings. The summed E-state index contributed by atoms with van der Waals surface area (Å²) in [5.41, 5.74) is -4.96. The van der Waals surface area contributed by atoms with E-state index in [1.165, 1.54) is 0 Å². The summed E-state index contributed by atoms with van der Waals surface area (Å²) in [6.07, 6.45) is -10.6. The van der Waals surface area contributed by atoms with Crippen molar-refractivity contribution in [1.82, 2.24) is 4.98 Å². The predicted molar refractivity (Wildman–Crippen MR) is 126 cm³/mol. The van der Waals surface area contributed by atoms with Crippen LogP contribution in [0.15, 0.2) is 36.4 Å². The van der Waals surface area contributed by atoms with E-state index < -0.39 is 93.2 Å². The molecule has 0 atom stereocenters. The van der Waals surface area contributed by atoms with E-state index in [1.807, 2.05) is 5.32 Å². The first-order valence-corrected chi connectivity index (χ1v) is 11.2. The van der Waals surface area contributed by atoms with E-state index >= 15 is 4.39 Å². The van der Waals surface area contributed by atoms with Crippen molar-refractivity contribution in [1.29, 1.82) is 0 Å². The Labute approximate surface area is 235 Å². The molecular formula is C25H16F8N2O8. The van der Waals surface area contributed by atoms with Crippen LogP contribution in [0.1, 0.15) is 36.9 Å². The Hall–Kier alpha value is -5.16. The Morgan fingerprint density at radius 3 is 1.79 bits per heavy atom. The van der Waals surface area contributed by atoms with Crippen molar-refractivity contribution in [3.8, 4) is 23.0 Å². The standard InChI is InChI=1S/C25H16F8N2O8/c1-39-20-16(7-6-15(19(20)27)43-25(31,32)33)42-14-5-4-11(24(28,29)30)18(26)17(14)21(36)34-10-8-12(22(37)40-2)35-13(9-10)23(38)41-3/h4-9H,1-3H3,(H,34,35,36). The number of benzene rings is 2. The maximum Gasteiger partial charge on any atom is 0.573 e. The van der Waals surface area contributed by atoms with Crippen LogP contribution >= 0.6 is 0 Å². The molecule has 1 N–H and O–H groups in total. The quantitative estimate of drug-likeness (QED) is 0.241. The number of nitrogens with zero attached hydrogens (tertiary/aromatic N) is 1. The van der Waals surface area contributed by atoms with Gasteiger partial charge >= 0.3 is 24.5 Å². The molecule has 0 aliphatic rings. The van der Waals surface area contributed by atoms with Gasteiger partial charge in [0.05, 0.1) is 26.9 Å². The maximum atomic E-state index is 15.2. The van der Waals surface area contributed by atoms with Gasteiger partial charge < -0.3 is 29.0 Å². The number of ether oxygens (including phenoxy) is 5. The smallest absolute Gasteiger partial charge is 0.490 e. The first-order valence-electron chi connectivity index (χ1n) is 11.2. The second-order valence-electron chi connectivity index (χ2n) is 7.92. The molecule has 0 saturated heterocycles. The lowest BCUT2D eigenvalue weighted by Gasteiger charge is -2.18. The van der Waals surface area contributed by atoms with E-state index in [-0.39, 0.29) is 6.07 Å². The molecule has 0 spiro atoms. The molecule has 1 heterocycles. The molecule has 18 heteroatoms. The molecule has 230 valence electrons. The first-order chi connectivity index (χ1) is 20.0. The number of halogens is 8. The maximum absolute atomic E-state index is 15.2. The Morgan fingerprint density at radius 2 is 1.30 bits per heavy atom. The minimum absolute atomic E-state index is 0.183. The molecule has 43 heavy (non-hydrogen) atoms. The molecule has 2 aromatic carbocycles. The highest BCUT2D eigenvalue weighted by atomic mass is 19.4. The minimum atomic E-state index is -5.33.